The summed E-state index contributed by atoms with van der Waals surface area (Å²) in [6.45, 7) is 8.11. The number of hydrogen-bond acceptors (Lipinski definition) is 7. The molecule has 0 radical (unpaired) electrons. The van der Waals surface area contributed by atoms with Gasteiger partial charge in [0.1, 0.15) is 28.5 Å². The Bertz CT molecular complexity index is 1110. The average molecular weight is 417 g/mol. The zero-order valence-corrected chi connectivity index (χ0v) is 17.5. The summed E-state index contributed by atoms with van der Waals surface area (Å²) in [4.78, 5) is 8.18. The molecule has 0 unspecified atom stereocenters. The molecule has 9 nitrogen and oxygen atoms in total. The molecule has 0 fully saturated rings. The van der Waals surface area contributed by atoms with Gasteiger partial charge >= 0.3 is 0 Å². The van der Waals surface area contributed by atoms with Gasteiger partial charge in [-0.1, -0.05) is 0 Å². The molecule has 0 aliphatic carbocycles. The zero-order valence-electron chi connectivity index (χ0n) is 16.7. The Balaban J connectivity index is 1.96. The maximum Gasteiger partial charge on any atom is 0.266 e. The minimum absolute atomic E-state index is 0.0309. The van der Waals surface area contributed by atoms with Gasteiger partial charge in [-0.25, -0.2) is 23.1 Å². The zero-order chi connectivity index (χ0) is 21.0. The van der Waals surface area contributed by atoms with E-state index in [0.717, 1.165) is 11.4 Å². The maximum absolute atomic E-state index is 13.0. The molecular formula is C19H23N5O4S. The predicted molar refractivity (Wildman–Crippen MR) is 108 cm³/mol. The molecule has 3 rings (SSSR count). The fourth-order valence-corrected chi connectivity index (χ4v) is 3.96. The van der Waals surface area contributed by atoms with Crippen LogP contribution in [0, 0.1) is 13.8 Å². The lowest BCUT2D eigenvalue weighted by Crippen LogP contribution is -2.16. The molecule has 0 saturated heterocycles. The number of aromatic nitrogens is 4. The number of nitrogens with one attached hydrogen (secondary N) is 1. The van der Waals surface area contributed by atoms with Gasteiger partial charge in [0.2, 0.25) is 0 Å². The number of nitrogens with zero attached hydrogens (tertiary/aromatic N) is 4. The van der Waals surface area contributed by atoms with Gasteiger partial charge in [0.25, 0.3) is 10.0 Å². The fourth-order valence-electron chi connectivity index (χ4n) is 2.80. The van der Waals surface area contributed by atoms with E-state index in [1.54, 1.807) is 23.7 Å². The van der Waals surface area contributed by atoms with Crippen LogP contribution in [0.2, 0.25) is 0 Å². The van der Waals surface area contributed by atoms with Crippen molar-refractivity contribution in [2.45, 2.75) is 32.6 Å². The van der Waals surface area contributed by atoms with E-state index in [2.05, 4.69) is 19.8 Å². The lowest BCUT2D eigenvalue weighted by molar-refractivity contribution is 0.322. The number of rotatable bonds is 8. The highest BCUT2D eigenvalue weighted by Crippen LogP contribution is 2.30. The van der Waals surface area contributed by atoms with Crippen LogP contribution in [0.4, 0.5) is 5.82 Å². The first kappa shape index (κ1) is 20.6. The molecule has 154 valence electrons. The number of ether oxygens (including phenoxy) is 2. The third-order valence-electron chi connectivity index (χ3n) is 3.93. The summed E-state index contributed by atoms with van der Waals surface area (Å²) < 4.78 is 41.1. The van der Waals surface area contributed by atoms with Crippen LogP contribution in [-0.4, -0.2) is 41.4 Å². The lowest BCUT2D eigenvalue weighted by Gasteiger charge is -2.14. The second kappa shape index (κ2) is 8.48. The molecule has 0 spiro atoms. The van der Waals surface area contributed by atoms with Crippen molar-refractivity contribution in [2.24, 2.45) is 0 Å². The van der Waals surface area contributed by atoms with Crippen molar-refractivity contribution < 1.29 is 17.9 Å². The van der Waals surface area contributed by atoms with Gasteiger partial charge in [-0.2, -0.15) is 5.10 Å². The molecule has 0 amide bonds. The third kappa shape index (κ3) is 4.65. The Kier molecular flexibility index (Phi) is 6.02. The summed E-state index contributed by atoms with van der Waals surface area (Å²) in [5.74, 6) is 1.24. The normalized spacial score (nSPS) is 11.3. The van der Waals surface area contributed by atoms with Gasteiger partial charge in [0.15, 0.2) is 5.82 Å². The topological polar surface area (TPSA) is 108 Å². The van der Waals surface area contributed by atoms with E-state index in [0.29, 0.717) is 24.8 Å². The van der Waals surface area contributed by atoms with Gasteiger partial charge in [0.05, 0.1) is 18.9 Å². The van der Waals surface area contributed by atoms with Crippen molar-refractivity contribution in [1.29, 1.82) is 0 Å². The first-order valence-corrected chi connectivity index (χ1v) is 10.6. The molecule has 29 heavy (non-hydrogen) atoms. The molecule has 2 aromatic heterocycles. The van der Waals surface area contributed by atoms with Gasteiger partial charge in [0, 0.05) is 17.8 Å². The SMILES string of the molecule is CCOc1ccc(OCC)c(S(=O)(=O)Nc2cc(-n3nc(C)cc3C)ncn2)c1. The summed E-state index contributed by atoms with van der Waals surface area (Å²) in [5.41, 5.74) is 1.70. The van der Waals surface area contributed by atoms with Crippen molar-refractivity contribution >= 4 is 15.8 Å². The van der Waals surface area contributed by atoms with Gasteiger partial charge in [-0.3, -0.25) is 4.72 Å². The van der Waals surface area contributed by atoms with Gasteiger partial charge in [-0.15, -0.1) is 0 Å². The van der Waals surface area contributed by atoms with Crippen molar-refractivity contribution in [1.82, 2.24) is 19.7 Å². The minimum atomic E-state index is -3.99. The third-order valence-corrected chi connectivity index (χ3v) is 5.31. The van der Waals surface area contributed by atoms with E-state index in [-0.39, 0.29) is 16.5 Å². The molecule has 0 atom stereocenters. The molecule has 3 aromatic rings. The molecule has 2 heterocycles. The predicted octanol–water partition coefficient (Wildman–Crippen LogP) is 2.88. The van der Waals surface area contributed by atoms with Gasteiger partial charge < -0.3 is 9.47 Å². The van der Waals surface area contributed by atoms with Crippen LogP contribution in [0.3, 0.4) is 0 Å². The molecule has 1 N–H and O–H groups in total. The van der Waals surface area contributed by atoms with Crippen molar-refractivity contribution in [3.8, 4) is 17.3 Å². The number of hydrogen-bond donors (Lipinski definition) is 1. The fraction of sp³-hybridized carbons (Fsp3) is 0.316. The second-order valence-corrected chi connectivity index (χ2v) is 7.83. The second-order valence-electron chi connectivity index (χ2n) is 6.18. The molecular weight excluding hydrogens is 394 g/mol. The van der Waals surface area contributed by atoms with Crippen LogP contribution in [0.15, 0.2) is 41.6 Å². The smallest absolute Gasteiger partial charge is 0.266 e. The van der Waals surface area contributed by atoms with Gasteiger partial charge in [-0.05, 0) is 45.9 Å². The van der Waals surface area contributed by atoms with Crippen molar-refractivity contribution in [3.05, 3.63) is 48.0 Å². The van der Waals surface area contributed by atoms with E-state index < -0.39 is 10.0 Å². The highest BCUT2D eigenvalue weighted by Gasteiger charge is 2.22. The van der Waals surface area contributed by atoms with E-state index in [1.165, 1.54) is 18.5 Å². The lowest BCUT2D eigenvalue weighted by atomic mass is 10.3. The van der Waals surface area contributed by atoms with Crippen LogP contribution >= 0.6 is 0 Å². The van der Waals surface area contributed by atoms with E-state index in [9.17, 15) is 8.42 Å². The number of benzene rings is 1. The molecule has 10 heteroatoms. The Hall–Kier alpha value is -3.14. The molecule has 1 aromatic carbocycles. The molecule has 0 saturated carbocycles. The Morgan fingerprint density at radius 3 is 2.45 bits per heavy atom. The van der Waals surface area contributed by atoms with E-state index >= 15 is 0 Å². The van der Waals surface area contributed by atoms with E-state index in [4.69, 9.17) is 9.47 Å². The summed E-state index contributed by atoms with van der Waals surface area (Å²) in [6, 6.07) is 8.09. The Morgan fingerprint density at radius 1 is 1.03 bits per heavy atom. The van der Waals surface area contributed by atoms with Crippen LogP contribution in [-0.2, 0) is 10.0 Å². The van der Waals surface area contributed by atoms with Crippen LogP contribution < -0.4 is 14.2 Å². The molecule has 0 aliphatic heterocycles. The van der Waals surface area contributed by atoms with Crippen LogP contribution in [0.25, 0.3) is 5.82 Å². The highest BCUT2D eigenvalue weighted by molar-refractivity contribution is 7.92. The Labute approximate surface area is 169 Å². The summed E-state index contributed by atoms with van der Waals surface area (Å²) in [5, 5.41) is 4.36. The number of sulfonamides is 1. The summed E-state index contributed by atoms with van der Waals surface area (Å²) >= 11 is 0. The molecule has 0 aliphatic rings. The largest absolute Gasteiger partial charge is 0.494 e. The quantitative estimate of drug-likeness (QED) is 0.600. The number of anilines is 1. The summed E-state index contributed by atoms with van der Waals surface area (Å²) in [6.07, 6.45) is 1.28. The first-order chi connectivity index (χ1) is 13.8. The minimum Gasteiger partial charge on any atom is -0.494 e. The standard InChI is InChI=1S/C19H23N5O4S/c1-5-27-15-7-8-16(28-6-2)17(10-15)29(25,26)23-18-11-19(21-12-20-18)24-14(4)9-13(3)22-24/h7-12H,5-6H2,1-4H3,(H,20,21,23). The van der Waals surface area contributed by atoms with Crippen LogP contribution in [0.1, 0.15) is 25.2 Å². The first-order valence-electron chi connectivity index (χ1n) is 9.12. The molecule has 0 bridgehead atoms. The van der Waals surface area contributed by atoms with Crippen molar-refractivity contribution in [2.75, 3.05) is 17.9 Å². The average Bonchev–Trinajstić information content (AvgIpc) is 3.01. The summed E-state index contributed by atoms with van der Waals surface area (Å²) in [7, 11) is -3.99. The monoisotopic (exact) mass is 417 g/mol. The van der Waals surface area contributed by atoms with Crippen molar-refractivity contribution in [3.63, 3.8) is 0 Å². The highest BCUT2D eigenvalue weighted by atomic mass is 32.2. The number of aryl methyl sites for hydroxylation is 2. The van der Waals surface area contributed by atoms with E-state index in [1.807, 2.05) is 26.8 Å². The van der Waals surface area contributed by atoms with Crippen LogP contribution in [0.5, 0.6) is 11.5 Å². The Morgan fingerprint density at radius 2 is 1.79 bits per heavy atom. The maximum atomic E-state index is 13.0.